The smallest absolute Gasteiger partial charge is 0.159 e. The molecule has 1 aromatic carbocycles. The number of hydrogen-bond donors (Lipinski definition) is 0. The maximum absolute atomic E-state index is 11.6. The highest BCUT2D eigenvalue weighted by molar-refractivity contribution is 5.94. The fourth-order valence-corrected chi connectivity index (χ4v) is 3.00. The third kappa shape index (κ3) is 4.05. The molecular formula is C17H26N2O2. The predicted octanol–water partition coefficient (Wildman–Crippen LogP) is 2.42. The molecule has 1 aliphatic heterocycles. The number of benzene rings is 1. The van der Waals surface area contributed by atoms with Crippen LogP contribution in [-0.4, -0.2) is 55.4 Å². The Hall–Kier alpha value is -1.39. The topological polar surface area (TPSA) is 32.8 Å². The highest BCUT2D eigenvalue weighted by atomic mass is 16.5. The van der Waals surface area contributed by atoms with Crippen LogP contribution in [0.4, 0.5) is 0 Å². The van der Waals surface area contributed by atoms with Crippen molar-refractivity contribution in [2.24, 2.45) is 0 Å². The Morgan fingerprint density at radius 2 is 2.14 bits per heavy atom. The Morgan fingerprint density at radius 3 is 2.81 bits per heavy atom. The summed E-state index contributed by atoms with van der Waals surface area (Å²) in [5.41, 5.74) is 1.85. The summed E-state index contributed by atoms with van der Waals surface area (Å²) >= 11 is 0. The van der Waals surface area contributed by atoms with Crippen molar-refractivity contribution in [3.63, 3.8) is 0 Å². The first-order valence-corrected chi connectivity index (χ1v) is 7.61. The van der Waals surface area contributed by atoms with Gasteiger partial charge in [-0.1, -0.05) is 0 Å². The minimum Gasteiger partial charge on any atom is -0.496 e. The molecule has 1 saturated heterocycles. The van der Waals surface area contributed by atoms with Crippen LogP contribution in [0.25, 0.3) is 0 Å². The number of rotatable bonds is 4. The third-order valence-corrected chi connectivity index (χ3v) is 4.24. The first kappa shape index (κ1) is 16.0. The van der Waals surface area contributed by atoms with Crippen molar-refractivity contribution >= 4 is 5.78 Å². The zero-order chi connectivity index (χ0) is 15.4. The number of ether oxygens (including phenoxy) is 1. The molecule has 0 spiro atoms. The van der Waals surface area contributed by atoms with E-state index in [-0.39, 0.29) is 5.78 Å². The summed E-state index contributed by atoms with van der Waals surface area (Å²) in [7, 11) is 3.86. The number of hydrogen-bond acceptors (Lipinski definition) is 4. The first-order valence-electron chi connectivity index (χ1n) is 7.61. The van der Waals surface area contributed by atoms with Gasteiger partial charge in [0.05, 0.1) is 7.11 Å². The van der Waals surface area contributed by atoms with Gasteiger partial charge in [0.2, 0.25) is 0 Å². The number of methoxy groups -OCH3 is 1. The number of likely N-dealkylation sites (N-methyl/N-ethyl adjacent to an activating group) is 1. The maximum Gasteiger partial charge on any atom is 0.159 e. The molecule has 0 aromatic heterocycles. The van der Waals surface area contributed by atoms with Gasteiger partial charge >= 0.3 is 0 Å². The van der Waals surface area contributed by atoms with E-state index in [9.17, 15) is 4.79 Å². The van der Waals surface area contributed by atoms with Gasteiger partial charge in [-0.15, -0.1) is 0 Å². The second-order valence-corrected chi connectivity index (χ2v) is 6.02. The molecule has 21 heavy (non-hydrogen) atoms. The van der Waals surface area contributed by atoms with Crippen molar-refractivity contribution in [2.75, 3.05) is 33.8 Å². The molecule has 2 rings (SSSR count). The Kier molecular flexibility index (Phi) is 5.37. The van der Waals surface area contributed by atoms with Crippen LogP contribution in [0.1, 0.15) is 36.2 Å². The van der Waals surface area contributed by atoms with Gasteiger partial charge in [0.25, 0.3) is 0 Å². The maximum atomic E-state index is 11.6. The van der Waals surface area contributed by atoms with Gasteiger partial charge in [0.15, 0.2) is 5.78 Å². The molecule has 1 aromatic rings. The second-order valence-electron chi connectivity index (χ2n) is 6.02. The van der Waals surface area contributed by atoms with Gasteiger partial charge in [-0.05, 0) is 52.1 Å². The Labute approximate surface area is 127 Å². The van der Waals surface area contributed by atoms with Crippen molar-refractivity contribution in [1.82, 2.24) is 9.80 Å². The van der Waals surface area contributed by atoms with Crippen LogP contribution in [0.3, 0.4) is 0 Å². The number of carbonyl (C=O) groups excluding carboxylic acids is 1. The second kappa shape index (κ2) is 7.05. The summed E-state index contributed by atoms with van der Waals surface area (Å²) in [4.78, 5) is 16.5. The summed E-state index contributed by atoms with van der Waals surface area (Å²) in [6.07, 6.45) is 1.18. The van der Waals surface area contributed by atoms with E-state index in [1.807, 2.05) is 18.2 Å². The molecule has 1 aliphatic rings. The molecule has 0 saturated carbocycles. The lowest BCUT2D eigenvalue weighted by atomic mass is 10.1. The minimum absolute atomic E-state index is 0.0996. The largest absolute Gasteiger partial charge is 0.496 e. The van der Waals surface area contributed by atoms with Crippen molar-refractivity contribution in [3.8, 4) is 5.75 Å². The van der Waals surface area contributed by atoms with Crippen LogP contribution in [0, 0.1) is 0 Å². The lowest BCUT2D eigenvalue weighted by molar-refractivity contribution is 0.101. The van der Waals surface area contributed by atoms with Gasteiger partial charge in [-0.25, -0.2) is 0 Å². The van der Waals surface area contributed by atoms with E-state index in [0.717, 1.165) is 43.1 Å². The molecule has 4 nitrogen and oxygen atoms in total. The van der Waals surface area contributed by atoms with E-state index in [0.29, 0.717) is 6.04 Å². The van der Waals surface area contributed by atoms with Crippen molar-refractivity contribution < 1.29 is 9.53 Å². The minimum atomic E-state index is 0.0996. The molecule has 1 unspecified atom stereocenters. The molecule has 4 heteroatoms. The normalized spacial score (nSPS) is 21.0. The molecule has 1 heterocycles. The van der Waals surface area contributed by atoms with Crippen LogP contribution < -0.4 is 4.74 Å². The lowest BCUT2D eigenvalue weighted by Crippen LogP contribution is -2.37. The van der Waals surface area contributed by atoms with E-state index in [4.69, 9.17) is 4.74 Å². The predicted molar refractivity (Wildman–Crippen MR) is 85.0 cm³/mol. The van der Waals surface area contributed by atoms with Gasteiger partial charge in [-0.2, -0.15) is 0 Å². The van der Waals surface area contributed by atoms with Crippen LogP contribution in [0.2, 0.25) is 0 Å². The Balaban J connectivity index is 2.20. The van der Waals surface area contributed by atoms with Crippen LogP contribution in [-0.2, 0) is 6.54 Å². The third-order valence-electron chi connectivity index (χ3n) is 4.24. The number of ketones is 1. The fraction of sp³-hybridized carbons (Fsp3) is 0.588. The van der Waals surface area contributed by atoms with Crippen molar-refractivity contribution in [2.45, 2.75) is 32.9 Å². The molecule has 116 valence electrons. The molecule has 0 amide bonds. The summed E-state index contributed by atoms with van der Waals surface area (Å²) in [6.45, 7) is 8.01. The number of carbonyl (C=O) groups is 1. The summed E-state index contributed by atoms with van der Waals surface area (Å²) in [6, 6.07) is 6.22. The number of Topliss-reactive ketones (excluding diaryl/α,β-unsaturated/α-hetero) is 1. The molecule has 1 atom stereocenters. The molecule has 0 bridgehead atoms. The lowest BCUT2D eigenvalue weighted by Gasteiger charge is -2.28. The summed E-state index contributed by atoms with van der Waals surface area (Å²) in [5, 5.41) is 0. The van der Waals surface area contributed by atoms with Crippen molar-refractivity contribution in [1.29, 1.82) is 0 Å². The Morgan fingerprint density at radius 1 is 1.38 bits per heavy atom. The van der Waals surface area contributed by atoms with E-state index in [1.54, 1.807) is 14.0 Å². The molecule has 1 fully saturated rings. The summed E-state index contributed by atoms with van der Waals surface area (Å²) in [5.74, 6) is 0.965. The monoisotopic (exact) mass is 290 g/mol. The molecule has 0 radical (unpaired) electrons. The van der Waals surface area contributed by atoms with Gasteiger partial charge in [0, 0.05) is 36.8 Å². The van der Waals surface area contributed by atoms with E-state index < -0.39 is 0 Å². The van der Waals surface area contributed by atoms with Crippen LogP contribution in [0.5, 0.6) is 5.75 Å². The highest BCUT2D eigenvalue weighted by Gasteiger charge is 2.21. The van der Waals surface area contributed by atoms with Gasteiger partial charge in [0.1, 0.15) is 5.75 Å². The van der Waals surface area contributed by atoms with Crippen LogP contribution in [0.15, 0.2) is 18.2 Å². The molecule has 0 N–H and O–H groups in total. The zero-order valence-corrected chi connectivity index (χ0v) is 13.6. The fourth-order valence-electron chi connectivity index (χ4n) is 3.00. The van der Waals surface area contributed by atoms with E-state index in [2.05, 4.69) is 23.8 Å². The molecular weight excluding hydrogens is 264 g/mol. The van der Waals surface area contributed by atoms with Gasteiger partial charge in [-0.3, -0.25) is 9.69 Å². The Bertz CT molecular complexity index is 502. The van der Waals surface area contributed by atoms with Gasteiger partial charge < -0.3 is 9.64 Å². The van der Waals surface area contributed by atoms with E-state index >= 15 is 0 Å². The SMILES string of the molecule is COc1ccc(C(C)=O)cc1CN1CCCN(C)CC1C. The van der Waals surface area contributed by atoms with E-state index in [1.165, 1.54) is 6.42 Å². The quantitative estimate of drug-likeness (QED) is 0.797. The van der Waals surface area contributed by atoms with Crippen LogP contribution >= 0.6 is 0 Å². The standard InChI is InChI=1S/C17H26N2O2/c1-13-11-18(3)8-5-9-19(13)12-16-10-15(14(2)20)6-7-17(16)21-4/h6-7,10,13H,5,8-9,11-12H2,1-4H3. The van der Waals surface area contributed by atoms with Crippen molar-refractivity contribution in [3.05, 3.63) is 29.3 Å². The molecule has 0 aliphatic carbocycles. The highest BCUT2D eigenvalue weighted by Crippen LogP contribution is 2.23. The average molecular weight is 290 g/mol. The first-order chi connectivity index (χ1) is 10.0. The summed E-state index contributed by atoms with van der Waals surface area (Å²) < 4.78 is 5.46. The average Bonchev–Trinajstić information content (AvgIpc) is 2.60. The zero-order valence-electron chi connectivity index (χ0n) is 13.6. The number of nitrogens with zero attached hydrogens (tertiary/aromatic N) is 2.